The largest absolute Gasteiger partial charge is 0.454 e. The SMILES string of the molecule is Cc1ccccc1CCNC(=O)COC(=O)[C@@H]1CCCN1C(=O)c1cccs1. The third-order valence-electron chi connectivity index (χ3n) is 4.84. The van der Waals surface area contributed by atoms with Crippen LogP contribution in [0, 0.1) is 6.92 Å². The molecule has 1 aliphatic heterocycles. The molecule has 1 aromatic carbocycles. The first-order valence-electron chi connectivity index (χ1n) is 9.38. The number of likely N-dealkylation sites (tertiary alicyclic amines) is 1. The van der Waals surface area contributed by atoms with Gasteiger partial charge < -0.3 is 15.0 Å². The van der Waals surface area contributed by atoms with E-state index in [4.69, 9.17) is 4.74 Å². The predicted octanol–water partition coefficient (Wildman–Crippen LogP) is 2.56. The van der Waals surface area contributed by atoms with Gasteiger partial charge in [-0.3, -0.25) is 9.59 Å². The number of nitrogens with one attached hydrogen (secondary N) is 1. The van der Waals surface area contributed by atoms with Gasteiger partial charge in [0, 0.05) is 13.1 Å². The Bertz CT molecular complexity index is 835. The van der Waals surface area contributed by atoms with Crippen LogP contribution in [0.3, 0.4) is 0 Å². The first-order valence-corrected chi connectivity index (χ1v) is 10.3. The highest BCUT2D eigenvalue weighted by molar-refractivity contribution is 7.12. The van der Waals surface area contributed by atoms with Crippen LogP contribution in [0.1, 0.15) is 33.6 Å². The number of aryl methyl sites for hydroxylation is 1. The fourth-order valence-corrected chi connectivity index (χ4v) is 3.99. The van der Waals surface area contributed by atoms with Crippen LogP contribution in [-0.4, -0.2) is 48.4 Å². The minimum Gasteiger partial charge on any atom is -0.454 e. The lowest BCUT2D eigenvalue weighted by Gasteiger charge is -2.22. The third-order valence-corrected chi connectivity index (χ3v) is 5.70. The van der Waals surface area contributed by atoms with Crippen LogP contribution in [-0.2, 0) is 20.7 Å². The van der Waals surface area contributed by atoms with Gasteiger partial charge in [-0.1, -0.05) is 30.3 Å². The highest BCUT2D eigenvalue weighted by Gasteiger charge is 2.36. The van der Waals surface area contributed by atoms with Crippen LogP contribution < -0.4 is 5.32 Å². The highest BCUT2D eigenvalue weighted by atomic mass is 32.1. The van der Waals surface area contributed by atoms with E-state index in [-0.39, 0.29) is 18.4 Å². The molecular formula is C21H24N2O4S. The van der Waals surface area contributed by atoms with Gasteiger partial charge in [0.05, 0.1) is 4.88 Å². The average Bonchev–Trinajstić information content (AvgIpc) is 3.39. The maximum atomic E-state index is 12.5. The highest BCUT2D eigenvalue weighted by Crippen LogP contribution is 2.23. The quantitative estimate of drug-likeness (QED) is 0.725. The maximum absolute atomic E-state index is 12.5. The summed E-state index contributed by atoms with van der Waals surface area (Å²) in [5, 5.41) is 4.60. The van der Waals surface area contributed by atoms with Crippen LogP contribution in [0.2, 0.25) is 0 Å². The molecule has 6 nitrogen and oxygen atoms in total. The monoisotopic (exact) mass is 400 g/mol. The minimum absolute atomic E-state index is 0.155. The number of nitrogens with zero attached hydrogens (tertiary/aromatic N) is 1. The molecule has 1 N–H and O–H groups in total. The molecule has 1 fully saturated rings. The van der Waals surface area contributed by atoms with E-state index < -0.39 is 12.0 Å². The van der Waals surface area contributed by atoms with Crippen LogP contribution >= 0.6 is 11.3 Å². The number of ether oxygens (including phenoxy) is 1. The van der Waals surface area contributed by atoms with E-state index in [0.29, 0.717) is 24.4 Å². The van der Waals surface area contributed by atoms with Gasteiger partial charge in [0.1, 0.15) is 6.04 Å². The molecule has 148 valence electrons. The van der Waals surface area contributed by atoms with Crippen molar-refractivity contribution in [1.82, 2.24) is 10.2 Å². The lowest BCUT2D eigenvalue weighted by atomic mass is 10.1. The zero-order valence-electron chi connectivity index (χ0n) is 15.8. The Labute approximate surface area is 168 Å². The molecule has 0 unspecified atom stereocenters. The maximum Gasteiger partial charge on any atom is 0.329 e. The molecular weight excluding hydrogens is 376 g/mol. The smallest absolute Gasteiger partial charge is 0.329 e. The number of hydrogen-bond acceptors (Lipinski definition) is 5. The third kappa shape index (κ3) is 4.98. The Morgan fingerprint density at radius 1 is 1.21 bits per heavy atom. The number of rotatable bonds is 7. The average molecular weight is 401 g/mol. The Morgan fingerprint density at radius 2 is 2.04 bits per heavy atom. The molecule has 1 atom stereocenters. The van der Waals surface area contributed by atoms with Crippen molar-refractivity contribution in [3.63, 3.8) is 0 Å². The van der Waals surface area contributed by atoms with Crippen molar-refractivity contribution in [2.45, 2.75) is 32.2 Å². The van der Waals surface area contributed by atoms with Crippen molar-refractivity contribution >= 4 is 29.1 Å². The van der Waals surface area contributed by atoms with Crippen molar-refractivity contribution in [1.29, 1.82) is 0 Å². The van der Waals surface area contributed by atoms with Gasteiger partial charge >= 0.3 is 5.97 Å². The summed E-state index contributed by atoms with van der Waals surface area (Å²) < 4.78 is 5.17. The molecule has 0 saturated carbocycles. The lowest BCUT2D eigenvalue weighted by molar-refractivity contribution is -0.152. The number of thiophene rings is 1. The Hall–Kier alpha value is -2.67. The summed E-state index contributed by atoms with van der Waals surface area (Å²) in [6, 6.07) is 10.9. The molecule has 7 heteroatoms. The number of benzene rings is 1. The summed E-state index contributed by atoms with van der Waals surface area (Å²) in [5.41, 5.74) is 2.35. The van der Waals surface area contributed by atoms with Gasteiger partial charge in [-0.05, 0) is 48.8 Å². The molecule has 28 heavy (non-hydrogen) atoms. The van der Waals surface area contributed by atoms with Gasteiger partial charge in [-0.25, -0.2) is 4.79 Å². The summed E-state index contributed by atoms with van der Waals surface area (Å²) in [4.78, 5) is 39.0. The second-order valence-electron chi connectivity index (χ2n) is 6.77. The topological polar surface area (TPSA) is 75.7 Å². The zero-order chi connectivity index (χ0) is 19.9. The summed E-state index contributed by atoms with van der Waals surface area (Å²) in [7, 11) is 0. The van der Waals surface area contributed by atoms with E-state index in [9.17, 15) is 14.4 Å². The number of hydrogen-bond donors (Lipinski definition) is 1. The Kier molecular flexibility index (Phi) is 6.81. The summed E-state index contributed by atoms with van der Waals surface area (Å²) in [6.45, 7) is 2.71. The molecule has 1 aliphatic rings. The van der Waals surface area contributed by atoms with Crippen LogP contribution in [0.25, 0.3) is 0 Å². The molecule has 3 rings (SSSR count). The first-order chi connectivity index (χ1) is 13.6. The van der Waals surface area contributed by atoms with E-state index in [2.05, 4.69) is 5.32 Å². The van der Waals surface area contributed by atoms with Crippen LogP contribution in [0.4, 0.5) is 0 Å². The minimum atomic E-state index is -0.616. The predicted molar refractivity (Wildman–Crippen MR) is 107 cm³/mol. The van der Waals surface area contributed by atoms with Crippen molar-refractivity contribution in [2.24, 2.45) is 0 Å². The Morgan fingerprint density at radius 3 is 2.79 bits per heavy atom. The fourth-order valence-electron chi connectivity index (χ4n) is 3.31. The fraction of sp³-hybridized carbons (Fsp3) is 0.381. The van der Waals surface area contributed by atoms with Crippen molar-refractivity contribution in [2.75, 3.05) is 19.7 Å². The van der Waals surface area contributed by atoms with Gasteiger partial charge in [0.15, 0.2) is 6.61 Å². The van der Waals surface area contributed by atoms with Gasteiger partial charge in [0.2, 0.25) is 0 Å². The molecule has 2 heterocycles. The van der Waals surface area contributed by atoms with E-state index in [1.54, 1.807) is 11.0 Å². The van der Waals surface area contributed by atoms with Crippen LogP contribution in [0.5, 0.6) is 0 Å². The second kappa shape index (κ2) is 9.50. The molecule has 2 aromatic rings. The molecule has 1 saturated heterocycles. The van der Waals surface area contributed by atoms with E-state index >= 15 is 0 Å². The first kappa shape index (κ1) is 20.1. The van der Waals surface area contributed by atoms with Gasteiger partial charge in [-0.15, -0.1) is 11.3 Å². The standard InChI is InChI=1S/C21H24N2O4S/c1-15-6-2-3-7-16(15)10-11-22-19(24)14-27-21(26)17-8-4-12-23(17)20(25)18-9-5-13-28-18/h2-3,5-7,9,13,17H,4,8,10-12,14H2,1H3,(H,22,24)/t17-/m0/s1. The van der Waals surface area contributed by atoms with Crippen molar-refractivity contribution < 1.29 is 19.1 Å². The van der Waals surface area contributed by atoms with E-state index in [1.165, 1.54) is 22.5 Å². The van der Waals surface area contributed by atoms with Gasteiger partial charge in [-0.2, -0.15) is 0 Å². The summed E-state index contributed by atoms with van der Waals surface area (Å²) in [6.07, 6.45) is 2.03. The van der Waals surface area contributed by atoms with Crippen LogP contribution in [0.15, 0.2) is 41.8 Å². The van der Waals surface area contributed by atoms with Crippen molar-refractivity contribution in [3.8, 4) is 0 Å². The lowest BCUT2D eigenvalue weighted by Crippen LogP contribution is -2.42. The second-order valence-corrected chi connectivity index (χ2v) is 7.72. The number of amides is 2. The Balaban J connectivity index is 1.43. The number of carbonyl (C=O) groups is 3. The van der Waals surface area contributed by atoms with Gasteiger partial charge in [0.25, 0.3) is 11.8 Å². The molecule has 1 aromatic heterocycles. The molecule has 0 aliphatic carbocycles. The molecule has 0 radical (unpaired) electrons. The van der Waals surface area contributed by atoms with E-state index in [0.717, 1.165) is 12.8 Å². The van der Waals surface area contributed by atoms with Crippen molar-refractivity contribution in [3.05, 3.63) is 57.8 Å². The number of esters is 1. The summed E-state index contributed by atoms with van der Waals surface area (Å²) >= 11 is 1.35. The molecule has 0 spiro atoms. The zero-order valence-corrected chi connectivity index (χ0v) is 16.7. The number of carbonyl (C=O) groups excluding carboxylic acids is 3. The van der Waals surface area contributed by atoms with E-state index in [1.807, 2.05) is 42.6 Å². The molecule has 0 bridgehead atoms. The normalized spacial score (nSPS) is 16.0. The summed E-state index contributed by atoms with van der Waals surface area (Å²) in [5.74, 6) is -1.01. The molecule has 2 amide bonds.